The summed E-state index contributed by atoms with van der Waals surface area (Å²) in [6.45, 7) is 4.17. The van der Waals surface area contributed by atoms with Crippen LogP contribution in [-0.4, -0.2) is 16.9 Å². The fourth-order valence-electron chi connectivity index (χ4n) is 1.07. The molecule has 1 heterocycles. The normalized spacial score (nSPS) is 23.4. The second kappa shape index (κ2) is 3.48. The maximum absolute atomic E-state index is 5.36. The van der Waals surface area contributed by atoms with Crippen LogP contribution >= 0.6 is 11.8 Å². The van der Waals surface area contributed by atoms with E-state index < -0.39 is 0 Å². The topological polar surface area (TPSA) is 21.6 Å². The smallest absolute Gasteiger partial charge is 0.132 e. The summed E-state index contributed by atoms with van der Waals surface area (Å²) in [4.78, 5) is 5.36. The zero-order valence-electron chi connectivity index (χ0n) is 7.39. The first-order valence-electron chi connectivity index (χ1n) is 3.93. The van der Waals surface area contributed by atoms with E-state index in [2.05, 4.69) is 19.0 Å². The summed E-state index contributed by atoms with van der Waals surface area (Å²) in [5.41, 5.74) is -0.0581. The third-order valence-corrected chi connectivity index (χ3v) is 2.55. The molecule has 0 N–H and O–H groups in total. The van der Waals surface area contributed by atoms with Crippen LogP contribution in [-0.2, 0) is 4.84 Å². The highest BCUT2D eigenvalue weighted by Gasteiger charge is 2.22. The van der Waals surface area contributed by atoms with Gasteiger partial charge in [-0.05, 0) is 39.4 Å². The van der Waals surface area contributed by atoms with Crippen LogP contribution in [0.3, 0.4) is 0 Å². The summed E-state index contributed by atoms with van der Waals surface area (Å²) in [7, 11) is 0. The van der Waals surface area contributed by atoms with Gasteiger partial charge in [0.05, 0.1) is 0 Å². The number of oxime groups is 1. The van der Waals surface area contributed by atoms with E-state index in [0.29, 0.717) is 0 Å². The SMILES string of the molecule is CSC1=NOC(C)(C)CCC1. The van der Waals surface area contributed by atoms with Gasteiger partial charge in [0.1, 0.15) is 10.6 Å². The summed E-state index contributed by atoms with van der Waals surface area (Å²) in [5.74, 6) is 0. The molecule has 11 heavy (non-hydrogen) atoms. The molecule has 1 aliphatic rings. The third-order valence-electron chi connectivity index (χ3n) is 1.80. The molecule has 0 atom stereocenters. The molecular formula is C8H15NOS. The summed E-state index contributed by atoms with van der Waals surface area (Å²) in [5, 5.41) is 5.19. The van der Waals surface area contributed by atoms with Gasteiger partial charge >= 0.3 is 0 Å². The molecule has 1 aliphatic heterocycles. The Balaban J connectivity index is 2.56. The fraction of sp³-hybridized carbons (Fsp3) is 0.875. The Hall–Kier alpha value is -0.180. The lowest BCUT2D eigenvalue weighted by atomic mass is 10.0. The number of hydrogen-bond donors (Lipinski definition) is 0. The Kier molecular flexibility index (Phi) is 2.82. The molecule has 0 unspecified atom stereocenters. The molecule has 0 aromatic heterocycles. The van der Waals surface area contributed by atoms with Crippen molar-refractivity contribution in [1.29, 1.82) is 0 Å². The zero-order chi connectivity index (χ0) is 8.32. The fourth-order valence-corrected chi connectivity index (χ4v) is 1.53. The van der Waals surface area contributed by atoms with Gasteiger partial charge in [-0.1, -0.05) is 5.16 Å². The van der Waals surface area contributed by atoms with Crippen molar-refractivity contribution >= 4 is 16.8 Å². The van der Waals surface area contributed by atoms with Crippen molar-refractivity contribution in [2.24, 2.45) is 5.16 Å². The lowest BCUT2D eigenvalue weighted by Crippen LogP contribution is -2.20. The van der Waals surface area contributed by atoms with Crippen LogP contribution < -0.4 is 0 Å². The van der Waals surface area contributed by atoms with Crippen molar-refractivity contribution in [1.82, 2.24) is 0 Å². The van der Waals surface area contributed by atoms with Gasteiger partial charge in [0.15, 0.2) is 0 Å². The van der Waals surface area contributed by atoms with Gasteiger partial charge in [-0.25, -0.2) is 0 Å². The minimum atomic E-state index is -0.0581. The highest BCUT2D eigenvalue weighted by Crippen LogP contribution is 2.24. The van der Waals surface area contributed by atoms with Crippen LogP contribution in [0.25, 0.3) is 0 Å². The zero-order valence-corrected chi connectivity index (χ0v) is 8.20. The molecule has 0 saturated carbocycles. The van der Waals surface area contributed by atoms with Gasteiger partial charge in [-0.2, -0.15) is 0 Å². The van der Waals surface area contributed by atoms with Crippen molar-refractivity contribution in [2.75, 3.05) is 6.26 Å². The van der Waals surface area contributed by atoms with Gasteiger partial charge in [-0.3, -0.25) is 0 Å². The molecule has 0 radical (unpaired) electrons. The van der Waals surface area contributed by atoms with Gasteiger partial charge in [0.2, 0.25) is 0 Å². The largest absolute Gasteiger partial charge is 0.389 e. The van der Waals surface area contributed by atoms with Crippen molar-refractivity contribution in [2.45, 2.75) is 38.7 Å². The lowest BCUT2D eigenvalue weighted by Gasteiger charge is -2.19. The Morgan fingerprint density at radius 2 is 2.27 bits per heavy atom. The number of nitrogens with zero attached hydrogens (tertiary/aromatic N) is 1. The predicted octanol–water partition coefficient (Wildman–Crippen LogP) is 2.64. The van der Waals surface area contributed by atoms with E-state index >= 15 is 0 Å². The van der Waals surface area contributed by atoms with Crippen LogP contribution in [0, 0.1) is 0 Å². The first-order valence-corrected chi connectivity index (χ1v) is 5.15. The molecule has 1 rings (SSSR count). The standard InChI is InChI=1S/C8H15NOS/c1-8(2)6-4-5-7(11-3)9-10-8/h4-6H2,1-3H3. The van der Waals surface area contributed by atoms with E-state index in [9.17, 15) is 0 Å². The predicted molar refractivity (Wildman–Crippen MR) is 50.0 cm³/mol. The molecular weight excluding hydrogens is 158 g/mol. The molecule has 0 aromatic rings. The Morgan fingerprint density at radius 3 is 2.91 bits per heavy atom. The lowest BCUT2D eigenvalue weighted by molar-refractivity contribution is -0.0166. The average Bonchev–Trinajstić information content (AvgIpc) is 2.10. The Labute approximate surface area is 72.4 Å². The molecule has 0 spiro atoms. The minimum Gasteiger partial charge on any atom is -0.389 e. The minimum absolute atomic E-state index is 0.0581. The van der Waals surface area contributed by atoms with E-state index in [1.54, 1.807) is 11.8 Å². The summed E-state index contributed by atoms with van der Waals surface area (Å²) in [6.07, 6.45) is 5.40. The first kappa shape index (κ1) is 8.91. The van der Waals surface area contributed by atoms with E-state index in [4.69, 9.17) is 4.84 Å². The molecule has 64 valence electrons. The number of rotatable bonds is 0. The molecule has 0 saturated heterocycles. The quantitative estimate of drug-likeness (QED) is 0.561. The summed E-state index contributed by atoms with van der Waals surface area (Å²) >= 11 is 1.68. The van der Waals surface area contributed by atoms with Crippen LogP contribution in [0.15, 0.2) is 5.16 Å². The molecule has 0 aliphatic carbocycles. The van der Waals surface area contributed by atoms with E-state index in [1.807, 2.05) is 6.26 Å². The third kappa shape index (κ3) is 2.73. The van der Waals surface area contributed by atoms with Crippen molar-refractivity contribution in [3.63, 3.8) is 0 Å². The molecule has 2 nitrogen and oxygen atoms in total. The number of hydrogen-bond acceptors (Lipinski definition) is 3. The van der Waals surface area contributed by atoms with Gasteiger partial charge in [0.25, 0.3) is 0 Å². The summed E-state index contributed by atoms with van der Waals surface area (Å²) in [6, 6.07) is 0. The Morgan fingerprint density at radius 1 is 1.55 bits per heavy atom. The van der Waals surface area contributed by atoms with Crippen LogP contribution in [0.5, 0.6) is 0 Å². The Bertz CT molecular complexity index is 165. The van der Waals surface area contributed by atoms with Gasteiger partial charge < -0.3 is 4.84 Å². The highest BCUT2D eigenvalue weighted by atomic mass is 32.2. The molecule has 0 fully saturated rings. The highest BCUT2D eigenvalue weighted by molar-refractivity contribution is 8.13. The van der Waals surface area contributed by atoms with E-state index in [-0.39, 0.29) is 5.60 Å². The first-order chi connectivity index (χ1) is 5.14. The van der Waals surface area contributed by atoms with Gasteiger partial charge in [0, 0.05) is 0 Å². The van der Waals surface area contributed by atoms with Gasteiger partial charge in [-0.15, -0.1) is 11.8 Å². The maximum atomic E-state index is 5.36. The molecule has 0 amide bonds. The summed E-state index contributed by atoms with van der Waals surface area (Å²) < 4.78 is 0. The second-order valence-electron chi connectivity index (χ2n) is 3.39. The van der Waals surface area contributed by atoms with Crippen molar-refractivity contribution in [3.05, 3.63) is 0 Å². The van der Waals surface area contributed by atoms with Crippen molar-refractivity contribution < 1.29 is 4.84 Å². The maximum Gasteiger partial charge on any atom is 0.132 e. The monoisotopic (exact) mass is 173 g/mol. The average molecular weight is 173 g/mol. The van der Waals surface area contributed by atoms with Crippen molar-refractivity contribution in [3.8, 4) is 0 Å². The molecule has 3 heteroatoms. The number of thioether (sulfide) groups is 1. The van der Waals surface area contributed by atoms with E-state index in [1.165, 1.54) is 6.42 Å². The van der Waals surface area contributed by atoms with Crippen LogP contribution in [0.1, 0.15) is 33.1 Å². The second-order valence-corrected chi connectivity index (χ2v) is 4.27. The molecule has 0 aromatic carbocycles. The van der Waals surface area contributed by atoms with Crippen LogP contribution in [0.4, 0.5) is 0 Å². The van der Waals surface area contributed by atoms with E-state index in [0.717, 1.165) is 17.9 Å². The molecule has 0 bridgehead atoms. The van der Waals surface area contributed by atoms with Crippen LogP contribution in [0.2, 0.25) is 0 Å².